The van der Waals surface area contributed by atoms with E-state index in [9.17, 15) is 14.0 Å². The van der Waals surface area contributed by atoms with Gasteiger partial charge in [0.2, 0.25) is 0 Å². The number of benzene rings is 2. The molecule has 0 atom stereocenters. The minimum absolute atomic E-state index is 0.0161. The number of para-hydroxylation sites is 1. The van der Waals surface area contributed by atoms with Gasteiger partial charge in [-0.1, -0.05) is 18.2 Å². The van der Waals surface area contributed by atoms with Crippen LogP contribution < -0.4 is 15.4 Å². The summed E-state index contributed by atoms with van der Waals surface area (Å²) >= 11 is 0. The molecule has 0 unspecified atom stereocenters. The number of nitrogens with one attached hydrogen (secondary N) is 3. The van der Waals surface area contributed by atoms with Crippen LogP contribution in [-0.4, -0.2) is 28.8 Å². The Balaban J connectivity index is 1.49. The third kappa shape index (κ3) is 4.50. The number of rotatable bonds is 6. The highest BCUT2D eigenvalue weighted by molar-refractivity contribution is 6.08. The van der Waals surface area contributed by atoms with Gasteiger partial charge < -0.3 is 20.4 Å². The van der Waals surface area contributed by atoms with Crippen molar-refractivity contribution >= 4 is 28.9 Å². The van der Waals surface area contributed by atoms with Crippen molar-refractivity contribution in [2.45, 2.75) is 19.3 Å². The number of hydrogen-bond donors (Lipinski definition) is 3. The first-order valence-electron chi connectivity index (χ1n) is 11.2. The molecule has 1 aliphatic carbocycles. The quantitative estimate of drug-likeness (QED) is 0.334. The summed E-state index contributed by atoms with van der Waals surface area (Å²) < 4.78 is 18.7. The Bertz CT molecular complexity index is 1420. The first-order valence-corrected chi connectivity index (χ1v) is 11.2. The van der Waals surface area contributed by atoms with Crippen LogP contribution in [0.2, 0.25) is 0 Å². The van der Waals surface area contributed by atoms with Crippen LogP contribution in [0.4, 0.5) is 21.6 Å². The van der Waals surface area contributed by atoms with E-state index in [4.69, 9.17) is 4.74 Å². The molecule has 0 aliphatic heterocycles. The summed E-state index contributed by atoms with van der Waals surface area (Å²) in [5, 5.41) is 6.15. The van der Waals surface area contributed by atoms with Gasteiger partial charge in [-0.15, -0.1) is 0 Å². The van der Waals surface area contributed by atoms with Gasteiger partial charge in [0.05, 0.1) is 24.1 Å². The molecule has 0 spiro atoms. The minimum Gasteiger partial charge on any atom is -0.494 e. The number of halogens is 1. The summed E-state index contributed by atoms with van der Waals surface area (Å²) in [6, 6.07) is 17.1. The minimum atomic E-state index is -0.548. The number of aromatic amines is 1. The van der Waals surface area contributed by atoms with Crippen LogP contribution in [0, 0.1) is 5.82 Å². The lowest BCUT2D eigenvalue weighted by Crippen LogP contribution is -2.13. The van der Waals surface area contributed by atoms with Crippen molar-refractivity contribution in [1.29, 1.82) is 0 Å². The zero-order valence-corrected chi connectivity index (χ0v) is 19.0. The van der Waals surface area contributed by atoms with Crippen LogP contribution >= 0.6 is 0 Å². The first-order chi connectivity index (χ1) is 17.0. The number of hydrogen-bond acceptors (Lipinski definition) is 5. The molecule has 1 amide bonds. The molecular formula is C27H23FN4O3. The molecule has 0 saturated carbocycles. The number of H-pyrrole nitrogens is 1. The third-order valence-corrected chi connectivity index (χ3v) is 5.93. The average Bonchev–Trinajstić information content (AvgIpc) is 3.24. The second-order valence-electron chi connectivity index (χ2n) is 8.23. The molecule has 0 radical (unpaired) electrons. The number of Topliss-reactive ketones (excluding diaryl/α,β-unsaturated/α-hetero) is 1. The number of carbonyl (C=O) groups is 2. The van der Waals surface area contributed by atoms with E-state index in [2.05, 4.69) is 20.6 Å². The second kappa shape index (κ2) is 9.42. The van der Waals surface area contributed by atoms with Crippen molar-refractivity contribution in [3.05, 3.63) is 89.5 Å². The van der Waals surface area contributed by atoms with E-state index in [1.54, 1.807) is 12.3 Å². The normalized spacial score (nSPS) is 12.7. The van der Waals surface area contributed by atoms with Gasteiger partial charge in [0.15, 0.2) is 17.3 Å². The fourth-order valence-corrected chi connectivity index (χ4v) is 4.25. The van der Waals surface area contributed by atoms with E-state index in [1.165, 1.54) is 25.3 Å². The predicted molar refractivity (Wildman–Crippen MR) is 132 cm³/mol. The molecule has 2 aromatic carbocycles. The molecule has 7 nitrogen and oxygen atoms in total. The van der Waals surface area contributed by atoms with Crippen molar-refractivity contribution < 1.29 is 18.7 Å². The number of fused-ring (bicyclic) bond motifs is 1. The van der Waals surface area contributed by atoms with E-state index < -0.39 is 11.7 Å². The second-order valence-corrected chi connectivity index (χ2v) is 8.23. The van der Waals surface area contributed by atoms with Crippen molar-refractivity contribution in [2.24, 2.45) is 0 Å². The number of aryl methyl sites for hydroxylation is 1. The maximum absolute atomic E-state index is 13.7. The number of ether oxygens (including phenoxy) is 1. The van der Waals surface area contributed by atoms with Crippen molar-refractivity contribution in [3.8, 4) is 17.0 Å². The van der Waals surface area contributed by atoms with Crippen molar-refractivity contribution in [2.75, 3.05) is 17.7 Å². The molecule has 3 N–H and O–H groups in total. The van der Waals surface area contributed by atoms with E-state index >= 15 is 0 Å². The van der Waals surface area contributed by atoms with Gasteiger partial charge in [0, 0.05) is 35.1 Å². The van der Waals surface area contributed by atoms with Gasteiger partial charge in [0.25, 0.3) is 5.91 Å². The van der Waals surface area contributed by atoms with Crippen LogP contribution in [0.15, 0.2) is 66.9 Å². The number of nitrogens with zero attached hydrogens (tertiary/aromatic N) is 1. The van der Waals surface area contributed by atoms with Crippen molar-refractivity contribution in [3.63, 3.8) is 0 Å². The average molecular weight is 471 g/mol. The summed E-state index contributed by atoms with van der Waals surface area (Å²) in [5.41, 5.74) is 4.89. The lowest BCUT2D eigenvalue weighted by atomic mass is 9.95. The van der Waals surface area contributed by atoms with Gasteiger partial charge in [-0.05, 0) is 55.3 Å². The van der Waals surface area contributed by atoms with E-state index in [0.29, 0.717) is 23.5 Å². The van der Waals surface area contributed by atoms with Gasteiger partial charge in [-0.25, -0.2) is 9.37 Å². The zero-order valence-electron chi connectivity index (χ0n) is 19.0. The lowest BCUT2D eigenvalue weighted by Gasteiger charge is -2.14. The molecule has 1 aliphatic rings. The van der Waals surface area contributed by atoms with E-state index in [0.717, 1.165) is 35.5 Å². The molecule has 176 valence electrons. The molecule has 0 saturated heterocycles. The number of pyridine rings is 1. The summed E-state index contributed by atoms with van der Waals surface area (Å²) in [6.07, 6.45) is 3.68. The van der Waals surface area contributed by atoms with Crippen LogP contribution in [0.3, 0.4) is 0 Å². The topological polar surface area (TPSA) is 96.1 Å². The van der Waals surface area contributed by atoms with Crippen LogP contribution in [-0.2, 0) is 6.42 Å². The largest absolute Gasteiger partial charge is 0.494 e. The molecule has 35 heavy (non-hydrogen) atoms. The Hall–Kier alpha value is -4.46. The molecule has 2 aromatic heterocycles. The van der Waals surface area contributed by atoms with Gasteiger partial charge in [-0.2, -0.15) is 0 Å². The molecule has 4 aromatic rings. The predicted octanol–water partition coefficient (Wildman–Crippen LogP) is 5.74. The Labute approximate surface area is 201 Å². The highest BCUT2D eigenvalue weighted by Gasteiger charge is 2.27. The highest BCUT2D eigenvalue weighted by atomic mass is 19.1. The maximum Gasteiger partial charge on any atom is 0.256 e. The Morgan fingerprint density at radius 2 is 1.91 bits per heavy atom. The van der Waals surface area contributed by atoms with Gasteiger partial charge in [0.1, 0.15) is 5.82 Å². The Kier molecular flexibility index (Phi) is 6.01. The fraction of sp³-hybridized carbons (Fsp3) is 0.148. The summed E-state index contributed by atoms with van der Waals surface area (Å²) in [7, 11) is 1.34. The Morgan fingerprint density at radius 3 is 2.71 bits per heavy atom. The van der Waals surface area contributed by atoms with Crippen LogP contribution in [0.1, 0.15) is 39.3 Å². The van der Waals surface area contributed by atoms with Gasteiger partial charge in [-0.3, -0.25) is 9.59 Å². The highest BCUT2D eigenvalue weighted by Crippen LogP contribution is 2.39. The van der Waals surface area contributed by atoms with Crippen LogP contribution in [0.25, 0.3) is 11.3 Å². The maximum atomic E-state index is 13.7. The van der Waals surface area contributed by atoms with E-state index in [-0.39, 0.29) is 17.1 Å². The number of anilines is 3. The van der Waals surface area contributed by atoms with Crippen LogP contribution in [0.5, 0.6) is 5.75 Å². The number of ketones is 1. The molecular weight excluding hydrogens is 447 g/mol. The number of methoxy groups -OCH3 is 1. The lowest BCUT2D eigenvalue weighted by molar-refractivity contribution is 0.0972. The number of carbonyl (C=O) groups excluding carboxylic acids is 2. The first kappa shape index (κ1) is 22.3. The Morgan fingerprint density at radius 1 is 1.09 bits per heavy atom. The summed E-state index contributed by atoms with van der Waals surface area (Å²) in [5.74, 6) is -0.595. The van der Waals surface area contributed by atoms with Gasteiger partial charge >= 0.3 is 0 Å². The molecule has 5 rings (SSSR count). The monoisotopic (exact) mass is 470 g/mol. The summed E-state index contributed by atoms with van der Waals surface area (Å²) in [6.45, 7) is 0. The number of aromatic nitrogens is 2. The SMILES string of the molecule is COc1cc(C(=O)Nc2cc(-c3[nH]c4c(c3Nc3ccccc3)C(=O)CCC4)ccn2)ccc1F. The molecule has 8 heteroatoms. The molecule has 0 bridgehead atoms. The van der Waals surface area contributed by atoms with E-state index in [1.807, 2.05) is 36.4 Å². The number of amides is 1. The molecule has 2 heterocycles. The molecule has 0 fully saturated rings. The standard InChI is InChI=1S/C27H23FN4O3/c1-35-22-14-17(10-11-19(22)28)27(34)32-23-15-16(12-13-29-23)25-26(30-18-6-3-2-4-7-18)24-20(31-25)8-5-9-21(24)33/h2-4,6-7,10-15,30-31H,5,8-9H2,1H3,(H,29,32,34). The summed E-state index contributed by atoms with van der Waals surface area (Å²) in [4.78, 5) is 33.3. The zero-order chi connectivity index (χ0) is 24.4. The van der Waals surface area contributed by atoms with Crippen molar-refractivity contribution in [1.82, 2.24) is 9.97 Å². The fourth-order valence-electron chi connectivity index (χ4n) is 4.25. The third-order valence-electron chi connectivity index (χ3n) is 5.93. The smallest absolute Gasteiger partial charge is 0.256 e.